The molecule has 0 bridgehead atoms. The Bertz CT molecular complexity index is 1270. The average molecular weight is 789 g/mol. The molecule has 0 spiro atoms. The van der Waals surface area contributed by atoms with Crippen LogP contribution < -0.4 is 34.4 Å². The first-order chi connectivity index (χ1) is 26.6. The number of hydrogen-bond acceptors (Lipinski definition) is 14. The molecule has 0 aliphatic carbocycles. The molecule has 0 saturated carbocycles. The minimum absolute atomic E-state index is 0.0642. The molecule has 6 amide bonds. The molecule has 2 heterocycles. The van der Waals surface area contributed by atoms with Crippen molar-refractivity contribution < 1.29 is 28.8 Å². The number of nitrogens with zero attached hydrogens (tertiary/aromatic N) is 8. The maximum Gasteiger partial charge on any atom is 0.231 e. The quantitative estimate of drug-likeness (QED) is 0.0910. The van der Waals surface area contributed by atoms with Gasteiger partial charge < -0.3 is 34.4 Å². The maximum atomic E-state index is 11.9. The highest BCUT2D eigenvalue weighted by atomic mass is 16.2. The van der Waals surface area contributed by atoms with Gasteiger partial charge in [-0.1, -0.05) is 24.3 Å². The Morgan fingerprint density at radius 3 is 0.589 bits per heavy atom. The van der Waals surface area contributed by atoms with Crippen molar-refractivity contribution in [3.8, 4) is 0 Å². The molecule has 1 aromatic rings. The minimum Gasteiger partial charge on any atom is -0.369 e. The van der Waals surface area contributed by atoms with Gasteiger partial charge in [0.2, 0.25) is 35.4 Å². The lowest BCUT2D eigenvalue weighted by molar-refractivity contribution is -0.121. The van der Waals surface area contributed by atoms with Crippen LogP contribution in [0.25, 0.3) is 0 Å². The van der Waals surface area contributed by atoms with Crippen molar-refractivity contribution in [3.05, 3.63) is 35.4 Å². The van der Waals surface area contributed by atoms with E-state index in [9.17, 15) is 28.8 Å². The number of benzene rings is 1. The second kappa shape index (κ2) is 24.4. The van der Waals surface area contributed by atoms with Crippen LogP contribution in [0.1, 0.15) is 11.1 Å². The molecule has 314 valence electrons. The summed E-state index contributed by atoms with van der Waals surface area (Å²) in [4.78, 5) is 87.5. The Morgan fingerprint density at radius 1 is 0.304 bits per heavy atom. The molecule has 2 saturated heterocycles. The summed E-state index contributed by atoms with van der Waals surface area (Å²) in [6.45, 7) is 10.6. The Labute approximate surface area is 329 Å². The van der Waals surface area contributed by atoms with Crippen molar-refractivity contribution in [2.24, 2.45) is 34.4 Å². The van der Waals surface area contributed by atoms with E-state index in [0.29, 0.717) is 118 Å². The van der Waals surface area contributed by atoms with E-state index in [4.69, 9.17) is 34.4 Å². The minimum atomic E-state index is -0.453. The van der Waals surface area contributed by atoms with E-state index in [1.807, 2.05) is 29.4 Å². The van der Waals surface area contributed by atoms with Crippen LogP contribution in [0.15, 0.2) is 24.3 Å². The molecule has 0 atom stereocenters. The zero-order valence-electron chi connectivity index (χ0n) is 32.8. The van der Waals surface area contributed by atoms with Crippen LogP contribution in [-0.2, 0) is 41.9 Å². The van der Waals surface area contributed by atoms with E-state index >= 15 is 0 Å². The number of hydrogen-bond donors (Lipinski definition) is 6. The highest BCUT2D eigenvalue weighted by Crippen LogP contribution is 2.12. The first-order valence-corrected chi connectivity index (χ1v) is 19.2. The summed E-state index contributed by atoms with van der Waals surface area (Å²) in [6.07, 6.45) is 0. The zero-order chi connectivity index (χ0) is 41.0. The van der Waals surface area contributed by atoms with Crippen LogP contribution in [0, 0.1) is 0 Å². The number of primary amides is 6. The summed E-state index contributed by atoms with van der Waals surface area (Å²) < 4.78 is 0. The van der Waals surface area contributed by atoms with E-state index in [1.54, 1.807) is 0 Å². The van der Waals surface area contributed by atoms with Crippen LogP contribution in [0.3, 0.4) is 0 Å². The van der Waals surface area contributed by atoms with Gasteiger partial charge in [-0.05, 0) is 11.1 Å². The van der Waals surface area contributed by atoms with Gasteiger partial charge in [0.1, 0.15) is 0 Å². The van der Waals surface area contributed by atoms with Gasteiger partial charge in [0.15, 0.2) is 0 Å². The van der Waals surface area contributed by atoms with E-state index in [0.717, 1.165) is 11.1 Å². The van der Waals surface area contributed by atoms with Gasteiger partial charge in [0, 0.05) is 118 Å². The molecule has 1 aromatic carbocycles. The Morgan fingerprint density at radius 2 is 0.446 bits per heavy atom. The second-order valence-corrected chi connectivity index (χ2v) is 14.8. The van der Waals surface area contributed by atoms with Gasteiger partial charge in [-0.3, -0.25) is 68.0 Å². The number of carbonyl (C=O) groups excluding carboxylic acids is 6. The molecule has 0 unspecified atom stereocenters. The van der Waals surface area contributed by atoms with Gasteiger partial charge in [0.05, 0.1) is 39.3 Å². The molecule has 3 rings (SSSR count). The number of carbonyl (C=O) groups is 6. The average Bonchev–Trinajstić information content (AvgIpc) is 3.10. The zero-order valence-corrected chi connectivity index (χ0v) is 32.8. The second-order valence-electron chi connectivity index (χ2n) is 14.8. The third-order valence-corrected chi connectivity index (χ3v) is 9.97. The van der Waals surface area contributed by atoms with Gasteiger partial charge >= 0.3 is 0 Å². The lowest BCUT2D eigenvalue weighted by Crippen LogP contribution is -2.49. The lowest BCUT2D eigenvalue weighted by Gasteiger charge is -2.33. The first-order valence-electron chi connectivity index (χ1n) is 19.2. The van der Waals surface area contributed by atoms with Crippen LogP contribution in [0.2, 0.25) is 0 Å². The van der Waals surface area contributed by atoms with Crippen molar-refractivity contribution in [3.63, 3.8) is 0 Å². The maximum absolute atomic E-state index is 11.9. The monoisotopic (exact) mass is 789 g/mol. The van der Waals surface area contributed by atoms with Crippen molar-refractivity contribution in [1.82, 2.24) is 39.2 Å². The summed E-state index contributed by atoms with van der Waals surface area (Å²) in [5.41, 5.74) is 35.5. The Balaban J connectivity index is 1.74. The van der Waals surface area contributed by atoms with Gasteiger partial charge in [-0.15, -0.1) is 0 Å². The first kappa shape index (κ1) is 46.1. The topological polar surface area (TPSA) is 284 Å². The third-order valence-electron chi connectivity index (χ3n) is 9.97. The lowest BCUT2D eigenvalue weighted by atomic mass is 10.1. The predicted molar refractivity (Wildman–Crippen MR) is 211 cm³/mol. The fourth-order valence-electron chi connectivity index (χ4n) is 7.01. The van der Waals surface area contributed by atoms with Crippen LogP contribution >= 0.6 is 0 Å². The molecule has 0 aromatic heterocycles. The summed E-state index contributed by atoms with van der Waals surface area (Å²) >= 11 is 0. The van der Waals surface area contributed by atoms with Crippen molar-refractivity contribution in [2.75, 3.05) is 144 Å². The summed E-state index contributed by atoms with van der Waals surface area (Å²) in [5, 5.41) is 0. The van der Waals surface area contributed by atoms with Crippen LogP contribution in [-0.4, -0.2) is 219 Å². The Hall–Kier alpha value is -4.28. The smallest absolute Gasteiger partial charge is 0.231 e. The molecule has 2 fully saturated rings. The largest absolute Gasteiger partial charge is 0.369 e. The molecule has 20 heteroatoms. The van der Waals surface area contributed by atoms with Crippen LogP contribution in [0.5, 0.6) is 0 Å². The normalized spacial score (nSPS) is 19.9. The molecule has 20 nitrogen and oxygen atoms in total. The SMILES string of the molecule is NC(=O)CN1CCN(CC(N)=O)CCN(Cc2ccc(CN3CCN(CC(N)=O)CCN(CC(N)=O)CCN(CC(N)=O)CC3)cc2)CCN(CC(N)=O)CC1. The number of amides is 6. The summed E-state index contributed by atoms with van der Waals surface area (Å²) in [6, 6.07) is 8.38. The van der Waals surface area contributed by atoms with Crippen molar-refractivity contribution >= 4 is 35.4 Å². The van der Waals surface area contributed by atoms with Gasteiger partial charge in [0.25, 0.3) is 0 Å². The molecule has 12 N–H and O–H groups in total. The van der Waals surface area contributed by atoms with E-state index in [2.05, 4.69) is 34.1 Å². The highest BCUT2D eigenvalue weighted by molar-refractivity contribution is 5.77. The third kappa shape index (κ3) is 19.5. The molecular weight excluding hydrogens is 724 g/mol. The standard InChI is InChI=1S/C36H64N14O6/c37-31(51)23-45-9-5-43(6-10-46(24-32(38)52)14-18-49(17-13-45)27-35(41)55)21-29-1-2-30(4-3-29)22-44-7-11-47(25-33(39)53)15-19-50(28-36(42)56)20-16-48(12-8-44)26-34(40)54/h1-4H,5-28H2,(H2,37,51)(H2,38,52)(H2,39,53)(H2,40,54)(H2,41,55)(H2,42,56). The molecule has 2 aliphatic rings. The number of rotatable bonds is 16. The van der Waals surface area contributed by atoms with Gasteiger partial charge in [-0.2, -0.15) is 0 Å². The fraction of sp³-hybridized carbons (Fsp3) is 0.667. The summed E-state index contributed by atoms with van der Waals surface area (Å²) in [7, 11) is 0. The van der Waals surface area contributed by atoms with E-state index in [1.165, 1.54) is 0 Å². The molecule has 2 aliphatic heterocycles. The molecule has 56 heavy (non-hydrogen) atoms. The van der Waals surface area contributed by atoms with Gasteiger partial charge in [-0.25, -0.2) is 0 Å². The summed E-state index contributed by atoms with van der Waals surface area (Å²) in [5.74, 6) is -2.63. The molecule has 0 radical (unpaired) electrons. The van der Waals surface area contributed by atoms with E-state index in [-0.39, 0.29) is 39.3 Å². The highest BCUT2D eigenvalue weighted by Gasteiger charge is 2.22. The Kier molecular flexibility index (Phi) is 20.1. The molecular formula is C36H64N14O6. The van der Waals surface area contributed by atoms with E-state index < -0.39 is 35.4 Å². The van der Waals surface area contributed by atoms with Crippen LogP contribution in [0.4, 0.5) is 0 Å². The van der Waals surface area contributed by atoms with Crippen molar-refractivity contribution in [2.45, 2.75) is 13.1 Å². The van der Waals surface area contributed by atoms with Crippen molar-refractivity contribution in [1.29, 1.82) is 0 Å². The fourth-order valence-corrected chi connectivity index (χ4v) is 7.01. The number of nitrogens with two attached hydrogens (primary N) is 6. The predicted octanol–water partition coefficient (Wildman–Crippen LogP) is -5.96.